The fraction of sp³-hybridized carbons (Fsp3) is 0.300. The number of aliphatic carboxylic acids is 1. The number of carboxylic acid groups (broad SMARTS) is 1. The average molecular weight is 274 g/mol. The molecule has 4 N–H and O–H groups in total. The van der Waals surface area contributed by atoms with Crippen LogP contribution in [0, 0.1) is 6.92 Å². The number of hydrogen-bond donors (Lipinski definition) is 3. The molecular weight excluding hydrogens is 262 g/mol. The van der Waals surface area contributed by atoms with E-state index in [1.807, 2.05) is 0 Å². The van der Waals surface area contributed by atoms with Gasteiger partial charge in [0.05, 0.1) is 10.9 Å². The Morgan fingerprint density at radius 3 is 2.73 bits per heavy atom. The Bertz CT molecular complexity index is 392. The Kier molecular flexibility index (Phi) is 3.71. The Balaban J connectivity index is 3.03. The van der Waals surface area contributed by atoms with Crippen LogP contribution in [0.15, 0.2) is 16.6 Å². The van der Waals surface area contributed by atoms with E-state index in [0.717, 1.165) is 11.1 Å². The number of halogens is 1. The second-order valence-electron chi connectivity index (χ2n) is 3.36. The molecule has 1 aromatic carbocycles. The van der Waals surface area contributed by atoms with Crippen LogP contribution < -0.4 is 5.73 Å². The maximum absolute atomic E-state index is 10.5. The van der Waals surface area contributed by atoms with Gasteiger partial charge in [-0.3, -0.25) is 4.79 Å². The van der Waals surface area contributed by atoms with Crippen LogP contribution in [0.3, 0.4) is 0 Å². The fourth-order valence-corrected chi connectivity index (χ4v) is 1.74. The first-order chi connectivity index (χ1) is 6.91. The molecule has 0 spiro atoms. The van der Waals surface area contributed by atoms with Crippen molar-refractivity contribution < 1.29 is 15.0 Å². The van der Waals surface area contributed by atoms with E-state index in [0.29, 0.717) is 4.47 Å². The highest BCUT2D eigenvalue weighted by Gasteiger charge is 2.14. The zero-order chi connectivity index (χ0) is 11.6. The number of rotatable bonds is 3. The van der Waals surface area contributed by atoms with Gasteiger partial charge in [0.15, 0.2) is 0 Å². The Hall–Kier alpha value is -1.07. The van der Waals surface area contributed by atoms with Crippen molar-refractivity contribution in [1.82, 2.24) is 0 Å². The predicted molar refractivity (Wildman–Crippen MR) is 59.7 cm³/mol. The number of carboxylic acids is 1. The SMILES string of the molecule is Cc1cc(O)c(Br)cc1C(N)CC(=O)O. The molecule has 0 radical (unpaired) electrons. The Morgan fingerprint density at radius 1 is 1.60 bits per heavy atom. The largest absolute Gasteiger partial charge is 0.507 e. The van der Waals surface area contributed by atoms with Gasteiger partial charge in [0.2, 0.25) is 0 Å². The summed E-state index contributed by atoms with van der Waals surface area (Å²) in [6, 6.07) is 2.65. The van der Waals surface area contributed by atoms with Crippen LogP contribution in [0.25, 0.3) is 0 Å². The molecule has 82 valence electrons. The zero-order valence-corrected chi connectivity index (χ0v) is 9.78. The van der Waals surface area contributed by atoms with Crippen LogP contribution in [0.1, 0.15) is 23.6 Å². The highest BCUT2D eigenvalue weighted by Crippen LogP contribution is 2.30. The third-order valence-electron chi connectivity index (χ3n) is 2.13. The fourth-order valence-electron chi connectivity index (χ4n) is 1.38. The summed E-state index contributed by atoms with van der Waals surface area (Å²) >= 11 is 3.16. The predicted octanol–water partition coefficient (Wildman–Crippen LogP) is 1.94. The molecule has 4 nitrogen and oxygen atoms in total. The molecule has 1 aromatic rings. The summed E-state index contributed by atoms with van der Waals surface area (Å²) in [5.41, 5.74) is 7.24. The molecule has 0 aliphatic carbocycles. The van der Waals surface area contributed by atoms with Gasteiger partial charge in [-0.2, -0.15) is 0 Å². The second kappa shape index (κ2) is 4.63. The van der Waals surface area contributed by atoms with E-state index < -0.39 is 12.0 Å². The van der Waals surface area contributed by atoms with Gasteiger partial charge in [0, 0.05) is 6.04 Å². The topological polar surface area (TPSA) is 83.5 Å². The minimum Gasteiger partial charge on any atom is -0.507 e. The smallest absolute Gasteiger partial charge is 0.305 e. The van der Waals surface area contributed by atoms with Crippen LogP contribution in [0.2, 0.25) is 0 Å². The van der Waals surface area contributed by atoms with Crippen LogP contribution in [-0.4, -0.2) is 16.2 Å². The maximum atomic E-state index is 10.5. The second-order valence-corrected chi connectivity index (χ2v) is 4.22. The zero-order valence-electron chi connectivity index (χ0n) is 8.20. The van der Waals surface area contributed by atoms with Gasteiger partial charge in [-0.05, 0) is 46.1 Å². The van der Waals surface area contributed by atoms with E-state index in [-0.39, 0.29) is 12.2 Å². The molecule has 0 aromatic heterocycles. The quantitative estimate of drug-likeness (QED) is 0.786. The number of hydrogen-bond acceptors (Lipinski definition) is 3. The van der Waals surface area contributed by atoms with Gasteiger partial charge >= 0.3 is 5.97 Å². The van der Waals surface area contributed by atoms with E-state index in [4.69, 9.17) is 10.8 Å². The number of nitrogens with two attached hydrogens (primary N) is 1. The summed E-state index contributed by atoms with van der Waals surface area (Å²) in [6.07, 6.45) is -0.127. The van der Waals surface area contributed by atoms with Crippen molar-refractivity contribution >= 4 is 21.9 Å². The molecule has 0 bridgehead atoms. The monoisotopic (exact) mass is 273 g/mol. The van der Waals surface area contributed by atoms with Gasteiger partial charge in [0.1, 0.15) is 5.75 Å². The molecule has 0 fully saturated rings. The standard InChI is InChI=1S/C10H12BrNO3/c1-5-2-9(13)7(11)3-6(5)8(12)4-10(14)15/h2-3,8,13H,4,12H2,1H3,(H,14,15). The van der Waals surface area contributed by atoms with Crippen molar-refractivity contribution in [3.63, 3.8) is 0 Å². The number of aromatic hydroxyl groups is 1. The molecule has 0 saturated carbocycles. The lowest BCUT2D eigenvalue weighted by Gasteiger charge is -2.13. The van der Waals surface area contributed by atoms with Gasteiger partial charge in [0.25, 0.3) is 0 Å². The normalized spacial score (nSPS) is 12.5. The first kappa shape index (κ1) is 12.0. The third kappa shape index (κ3) is 2.94. The van der Waals surface area contributed by atoms with Gasteiger partial charge in [-0.15, -0.1) is 0 Å². The van der Waals surface area contributed by atoms with Crippen LogP contribution in [0.5, 0.6) is 5.75 Å². The molecule has 0 saturated heterocycles. The van der Waals surface area contributed by atoms with Gasteiger partial charge in [-0.1, -0.05) is 0 Å². The highest BCUT2D eigenvalue weighted by molar-refractivity contribution is 9.10. The number of phenols is 1. The summed E-state index contributed by atoms with van der Waals surface area (Å²) in [6.45, 7) is 1.78. The number of carbonyl (C=O) groups is 1. The average Bonchev–Trinajstić information content (AvgIpc) is 2.09. The molecule has 0 heterocycles. The van der Waals surface area contributed by atoms with E-state index in [1.165, 1.54) is 0 Å². The van der Waals surface area contributed by atoms with Crippen LogP contribution in [-0.2, 0) is 4.79 Å². The minimum absolute atomic E-state index is 0.124. The molecule has 0 aliphatic heterocycles. The first-order valence-electron chi connectivity index (χ1n) is 4.38. The molecule has 1 rings (SSSR count). The summed E-state index contributed by atoms with van der Waals surface area (Å²) in [4.78, 5) is 10.5. The molecule has 15 heavy (non-hydrogen) atoms. The number of aryl methyl sites for hydroxylation is 1. The van der Waals surface area contributed by atoms with E-state index >= 15 is 0 Å². The first-order valence-corrected chi connectivity index (χ1v) is 5.17. The minimum atomic E-state index is -0.939. The third-order valence-corrected chi connectivity index (χ3v) is 2.76. The van der Waals surface area contributed by atoms with E-state index in [1.54, 1.807) is 19.1 Å². The Labute approximate surface area is 95.8 Å². The highest BCUT2D eigenvalue weighted by atomic mass is 79.9. The van der Waals surface area contributed by atoms with Crippen LogP contribution >= 0.6 is 15.9 Å². The lowest BCUT2D eigenvalue weighted by molar-refractivity contribution is -0.137. The van der Waals surface area contributed by atoms with Crippen molar-refractivity contribution in [2.75, 3.05) is 0 Å². The lowest BCUT2D eigenvalue weighted by atomic mass is 9.99. The van der Waals surface area contributed by atoms with Crippen molar-refractivity contribution in [2.45, 2.75) is 19.4 Å². The summed E-state index contributed by atoms with van der Waals surface area (Å²) in [5.74, 6) is -0.815. The van der Waals surface area contributed by atoms with Crippen molar-refractivity contribution in [1.29, 1.82) is 0 Å². The lowest BCUT2D eigenvalue weighted by Crippen LogP contribution is -2.16. The van der Waals surface area contributed by atoms with Crippen molar-refractivity contribution in [3.8, 4) is 5.75 Å². The molecule has 0 amide bonds. The van der Waals surface area contributed by atoms with E-state index in [9.17, 15) is 9.90 Å². The summed E-state index contributed by atoms with van der Waals surface area (Å²) in [5, 5.41) is 18.0. The summed E-state index contributed by atoms with van der Waals surface area (Å²) < 4.78 is 0.518. The number of benzene rings is 1. The van der Waals surface area contributed by atoms with Crippen molar-refractivity contribution in [2.24, 2.45) is 5.73 Å². The van der Waals surface area contributed by atoms with E-state index in [2.05, 4.69) is 15.9 Å². The van der Waals surface area contributed by atoms with Gasteiger partial charge in [-0.25, -0.2) is 0 Å². The Morgan fingerprint density at radius 2 is 2.20 bits per heavy atom. The molecule has 1 atom stereocenters. The molecule has 1 unspecified atom stereocenters. The molecular formula is C10H12BrNO3. The van der Waals surface area contributed by atoms with Gasteiger partial charge < -0.3 is 15.9 Å². The van der Waals surface area contributed by atoms with Crippen molar-refractivity contribution in [3.05, 3.63) is 27.7 Å². The summed E-state index contributed by atoms with van der Waals surface area (Å²) in [7, 11) is 0. The maximum Gasteiger partial charge on any atom is 0.305 e. The molecule has 0 aliphatic rings. The molecule has 5 heteroatoms. The number of phenolic OH excluding ortho intramolecular Hbond substituents is 1. The van der Waals surface area contributed by atoms with Crippen LogP contribution in [0.4, 0.5) is 0 Å².